The predicted octanol–water partition coefficient (Wildman–Crippen LogP) is 3.14. The Kier molecular flexibility index (Phi) is 4.42. The first-order valence-electron chi connectivity index (χ1n) is 5.54. The third-order valence-corrected chi connectivity index (χ3v) is 2.26. The zero-order valence-corrected chi connectivity index (χ0v) is 10.1. The molecule has 0 saturated carbocycles. The first kappa shape index (κ1) is 13.1. The fraction of sp³-hybridized carbons (Fsp3) is 0.538. The molecule has 1 aromatic rings. The zero-order valence-electron chi connectivity index (χ0n) is 10.1. The van der Waals surface area contributed by atoms with Gasteiger partial charge in [0, 0.05) is 6.54 Å². The molecule has 0 bridgehead atoms. The van der Waals surface area contributed by atoms with Crippen LogP contribution in [-0.4, -0.2) is 13.1 Å². The Hall–Kier alpha value is -0.960. The van der Waals surface area contributed by atoms with Gasteiger partial charge in [-0.1, -0.05) is 32.9 Å². The Balaban J connectivity index is 2.41. The van der Waals surface area contributed by atoms with Gasteiger partial charge in [0.15, 0.2) is 11.6 Å². The highest BCUT2D eigenvalue weighted by Gasteiger charge is 2.10. The minimum absolute atomic E-state index is 0.209. The summed E-state index contributed by atoms with van der Waals surface area (Å²) in [5, 5.41) is 3.23. The molecule has 0 saturated heterocycles. The number of hydrogen-bond donors (Lipinski definition) is 1. The standard InChI is InChI=1S/C13H19F2N/c1-13(2,3)9-16-8-7-10-5-4-6-11(14)12(10)15/h4-6,16H,7-9H2,1-3H3. The third kappa shape index (κ3) is 4.27. The second kappa shape index (κ2) is 5.39. The summed E-state index contributed by atoms with van der Waals surface area (Å²) in [6.07, 6.45) is 0.514. The van der Waals surface area contributed by atoms with Gasteiger partial charge in [-0.2, -0.15) is 0 Å². The molecule has 0 atom stereocenters. The summed E-state index contributed by atoms with van der Waals surface area (Å²) < 4.78 is 26.1. The number of halogens is 2. The van der Waals surface area contributed by atoms with Crippen LogP contribution in [0, 0.1) is 17.0 Å². The third-order valence-electron chi connectivity index (χ3n) is 2.26. The summed E-state index contributed by atoms with van der Waals surface area (Å²) in [5.41, 5.74) is 0.641. The molecule has 90 valence electrons. The van der Waals surface area contributed by atoms with Gasteiger partial charge in [-0.3, -0.25) is 0 Å². The highest BCUT2D eigenvalue weighted by molar-refractivity contribution is 5.19. The molecule has 1 aromatic carbocycles. The zero-order chi connectivity index (χ0) is 12.2. The summed E-state index contributed by atoms with van der Waals surface area (Å²) >= 11 is 0. The van der Waals surface area contributed by atoms with E-state index in [9.17, 15) is 8.78 Å². The van der Waals surface area contributed by atoms with Gasteiger partial charge in [0.1, 0.15) is 0 Å². The Morgan fingerprint density at radius 3 is 2.50 bits per heavy atom. The van der Waals surface area contributed by atoms with Crippen LogP contribution >= 0.6 is 0 Å². The van der Waals surface area contributed by atoms with E-state index < -0.39 is 11.6 Å². The van der Waals surface area contributed by atoms with Crippen molar-refractivity contribution in [3.05, 3.63) is 35.4 Å². The molecule has 0 fully saturated rings. The molecule has 3 heteroatoms. The molecule has 1 rings (SSSR count). The number of hydrogen-bond acceptors (Lipinski definition) is 1. The van der Waals surface area contributed by atoms with Gasteiger partial charge in [-0.25, -0.2) is 8.78 Å². The van der Waals surface area contributed by atoms with Crippen LogP contribution < -0.4 is 5.32 Å². The van der Waals surface area contributed by atoms with Crippen molar-refractivity contribution in [2.45, 2.75) is 27.2 Å². The number of rotatable bonds is 4. The van der Waals surface area contributed by atoms with Gasteiger partial charge in [0.25, 0.3) is 0 Å². The first-order valence-corrected chi connectivity index (χ1v) is 5.54. The second-order valence-electron chi connectivity index (χ2n) is 5.20. The molecule has 0 amide bonds. The lowest BCUT2D eigenvalue weighted by molar-refractivity contribution is 0.381. The monoisotopic (exact) mass is 227 g/mol. The predicted molar refractivity (Wildman–Crippen MR) is 62.4 cm³/mol. The van der Waals surface area contributed by atoms with Crippen molar-refractivity contribution in [3.8, 4) is 0 Å². The largest absolute Gasteiger partial charge is 0.316 e. The molecule has 0 spiro atoms. The van der Waals surface area contributed by atoms with Crippen molar-refractivity contribution in [1.29, 1.82) is 0 Å². The van der Waals surface area contributed by atoms with Crippen molar-refractivity contribution in [2.75, 3.05) is 13.1 Å². The molecule has 0 aliphatic carbocycles. The van der Waals surface area contributed by atoms with Gasteiger partial charge in [-0.05, 0) is 30.0 Å². The molecule has 1 nitrogen and oxygen atoms in total. The fourth-order valence-electron chi connectivity index (χ4n) is 1.43. The molecular formula is C13H19F2N. The molecule has 0 unspecified atom stereocenters. The lowest BCUT2D eigenvalue weighted by Gasteiger charge is -2.18. The SMILES string of the molecule is CC(C)(C)CNCCc1cccc(F)c1F. The summed E-state index contributed by atoms with van der Waals surface area (Å²) in [6, 6.07) is 4.30. The van der Waals surface area contributed by atoms with E-state index in [4.69, 9.17) is 0 Å². The quantitative estimate of drug-likeness (QED) is 0.779. The Bertz CT molecular complexity index is 342. The van der Waals surface area contributed by atoms with Crippen molar-refractivity contribution in [3.63, 3.8) is 0 Å². The van der Waals surface area contributed by atoms with Crippen LogP contribution in [0.15, 0.2) is 18.2 Å². The van der Waals surface area contributed by atoms with E-state index in [2.05, 4.69) is 26.1 Å². The maximum Gasteiger partial charge on any atom is 0.162 e. The van der Waals surface area contributed by atoms with E-state index in [1.807, 2.05) is 0 Å². The summed E-state index contributed by atoms with van der Waals surface area (Å²) in [5.74, 6) is -1.49. The molecule has 0 aliphatic rings. The normalized spacial score (nSPS) is 11.8. The van der Waals surface area contributed by atoms with Crippen LogP contribution in [0.25, 0.3) is 0 Å². The molecule has 0 radical (unpaired) electrons. The van der Waals surface area contributed by atoms with E-state index >= 15 is 0 Å². The van der Waals surface area contributed by atoms with E-state index in [1.165, 1.54) is 6.07 Å². The fourth-order valence-corrected chi connectivity index (χ4v) is 1.43. The maximum atomic E-state index is 13.3. The van der Waals surface area contributed by atoms with Crippen molar-refractivity contribution < 1.29 is 8.78 Å². The van der Waals surface area contributed by atoms with Crippen molar-refractivity contribution >= 4 is 0 Å². The summed E-state index contributed by atoms with van der Waals surface area (Å²) in [4.78, 5) is 0. The average molecular weight is 227 g/mol. The van der Waals surface area contributed by atoms with Crippen LogP contribution in [0.5, 0.6) is 0 Å². The van der Waals surface area contributed by atoms with Gasteiger partial charge < -0.3 is 5.32 Å². The van der Waals surface area contributed by atoms with Gasteiger partial charge in [0.05, 0.1) is 0 Å². The van der Waals surface area contributed by atoms with Crippen molar-refractivity contribution in [1.82, 2.24) is 5.32 Å². The summed E-state index contributed by atoms with van der Waals surface area (Å²) in [6.45, 7) is 7.91. The Morgan fingerprint density at radius 1 is 1.19 bits per heavy atom. The van der Waals surface area contributed by atoms with E-state index in [0.717, 1.165) is 12.6 Å². The summed E-state index contributed by atoms with van der Waals surface area (Å²) in [7, 11) is 0. The van der Waals surface area contributed by atoms with E-state index in [1.54, 1.807) is 6.07 Å². The second-order valence-corrected chi connectivity index (χ2v) is 5.20. The first-order chi connectivity index (χ1) is 7.40. The van der Waals surface area contributed by atoms with Crippen LogP contribution in [0.3, 0.4) is 0 Å². The smallest absolute Gasteiger partial charge is 0.162 e. The molecule has 0 aliphatic heterocycles. The molecule has 1 N–H and O–H groups in total. The van der Waals surface area contributed by atoms with E-state index in [-0.39, 0.29) is 5.41 Å². The van der Waals surface area contributed by atoms with E-state index in [0.29, 0.717) is 18.5 Å². The highest BCUT2D eigenvalue weighted by Crippen LogP contribution is 2.12. The van der Waals surface area contributed by atoms with Crippen molar-refractivity contribution in [2.24, 2.45) is 5.41 Å². The minimum Gasteiger partial charge on any atom is -0.316 e. The Labute approximate surface area is 95.9 Å². The average Bonchev–Trinajstić information content (AvgIpc) is 2.17. The van der Waals surface area contributed by atoms with Crippen LogP contribution in [0.1, 0.15) is 26.3 Å². The molecular weight excluding hydrogens is 208 g/mol. The van der Waals surface area contributed by atoms with Gasteiger partial charge in [-0.15, -0.1) is 0 Å². The molecule has 16 heavy (non-hydrogen) atoms. The minimum atomic E-state index is -0.770. The molecule has 0 aromatic heterocycles. The van der Waals surface area contributed by atoms with Gasteiger partial charge >= 0.3 is 0 Å². The number of nitrogens with one attached hydrogen (secondary N) is 1. The van der Waals surface area contributed by atoms with Crippen LogP contribution in [0.2, 0.25) is 0 Å². The highest BCUT2D eigenvalue weighted by atomic mass is 19.2. The lowest BCUT2D eigenvalue weighted by Crippen LogP contribution is -2.28. The molecule has 0 heterocycles. The van der Waals surface area contributed by atoms with Crippen LogP contribution in [-0.2, 0) is 6.42 Å². The topological polar surface area (TPSA) is 12.0 Å². The van der Waals surface area contributed by atoms with Crippen LogP contribution in [0.4, 0.5) is 8.78 Å². The number of benzene rings is 1. The Morgan fingerprint density at radius 2 is 1.88 bits per heavy atom. The maximum absolute atomic E-state index is 13.3. The van der Waals surface area contributed by atoms with Gasteiger partial charge in [0.2, 0.25) is 0 Å². The lowest BCUT2D eigenvalue weighted by atomic mass is 9.97.